The summed E-state index contributed by atoms with van der Waals surface area (Å²) in [5.41, 5.74) is 0.266. The van der Waals surface area contributed by atoms with Crippen molar-refractivity contribution in [2.75, 3.05) is 11.9 Å². The summed E-state index contributed by atoms with van der Waals surface area (Å²) in [4.78, 5) is 24.4. The lowest BCUT2D eigenvalue weighted by molar-refractivity contribution is 0.102. The van der Waals surface area contributed by atoms with E-state index >= 15 is 0 Å². The number of anilines is 1. The second-order valence-electron chi connectivity index (χ2n) is 5.23. The van der Waals surface area contributed by atoms with Gasteiger partial charge in [0.1, 0.15) is 16.8 Å². The van der Waals surface area contributed by atoms with Crippen LogP contribution in [0.1, 0.15) is 16.8 Å². The van der Waals surface area contributed by atoms with Crippen molar-refractivity contribution >= 4 is 22.6 Å². The molecular formula is C16H13N3O4. The van der Waals surface area contributed by atoms with E-state index in [1.165, 1.54) is 6.20 Å². The van der Waals surface area contributed by atoms with Crippen LogP contribution in [0.25, 0.3) is 11.0 Å². The fourth-order valence-electron chi connectivity index (χ4n) is 2.56. The summed E-state index contributed by atoms with van der Waals surface area (Å²) < 4.78 is 12.3. The van der Waals surface area contributed by atoms with Gasteiger partial charge >= 0.3 is 5.63 Å². The number of para-hydroxylation sites is 1. The molecule has 116 valence electrons. The summed E-state index contributed by atoms with van der Waals surface area (Å²) in [5.74, 6) is -0.0188. The fourth-order valence-corrected chi connectivity index (χ4v) is 2.56. The molecule has 1 aliphatic rings. The smallest absolute Gasteiger partial charge is 0.360 e. The molecule has 0 fully saturated rings. The number of aromatic nitrogens is 2. The SMILES string of the molecule is O=C(Nc1cc2ccccc2oc1=O)c1cnn2c1OCCC2. The molecule has 23 heavy (non-hydrogen) atoms. The van der Waals surface area contributed by atoms with Crippen LogP contribution in [0.15, 0.2) is 45.7 Å². The summed E-state index contributed by atoms with van der Waals surface area (Å²) in [6, 6.07) is 8.70. The highest BCUT2D eigenvalue weighted by molar-refractivity contribution is 6.06. The second-order valence-corrected chi connectivity index (χ2v) is 5.23. The Morgan fingerprint density at radius 3 is 3.09 bits per heavy atom. The minimum Gasteiger partial charge on any atom is -0.477 e. The highest BCUT2D eigenvalue weighted by Crippen LogP contribution is 2.23. The summed E-state index contributed by atoms with van der Waals surface area (Å²) in [7, 11) is 0. The van der Waals surface area contributed by atoms with Crippen molar-refractivity contribution in [1.29, 1.82) is 0 Å². The Morgan fingerprint density at radius 2 is 2.17 bits per heavy atom. The molecule has 0 unspecified atom stereocenters. The lowest BCUT2D eigenvalue weighted by Gasteiger charge is -2.15. The molecule has 3 aromatic rings. The van der Waals surface area contributed by atoms with Gasteiger partial charge in [-0.05, 0) is 12.1 Å². The summed E-state index contributed by atoms with van der Waals surface area (Å²) in [6.45, 7) is 1.25. The predicted molar refractivity (Wildman–Crippen MR) is 82.8 cm³/mol. The van der Waals surface area contributed by atoms with Crippen molar-refractivity contribution in [2.45, 2.75) is 13.0 Å². The third-order valence-corrected chi connectivity index (χ3v) is 3.68. The molecule has 1 amide bonds. The number of ether oxygens (including phenoxy) is 1. The molecule has 0 aliphatic carbocycles. The minimum absolute atomic E-state index is 0.0875. The molecule has 7 nitrogen and oxygen atoms in total. The molecule has 0 atom stereocenters. The first-order valence-electron chi connectivity index (χ1n) is 7.25. The van der Waals surface area contributed by atoms with E-state index in [0.717, 1.165) is 11.8 Å². The number of fused-ring (bicyclic) bond motifs is 2. The number of nitrogens with zero attached hydrogens (tertiary/aromatic N) is 2. The molecule has 2 aromatic heterocycles. The standard InChI is InChI=1S/C16H13N3O4/c20-14(11-9-17-19-6-3-7-22-15(11)19)18-12-8-10-4-1-2-5-13(10)23-16(12)21/h1-2,4-5,8-9H,3,6-7H2,(H,18,20). The molecule has 7 heteroatoms. The van der Waals surface area contributed by atoms with Crippen molar-refractivity contribution in [1.82, 2.24) is 9.78 Å². The van der Waals surface area contributed by atoms with Crippen LogP contribution < -0.4 is 15.7 Å². The van der Waals surface area contributed by atoms with E-state index in [2.05, 4.69) is 10.4 Å². The van der Waals surface area contributed by atoms with Crippen molar-refractivity contribution in [3.63, 3.8) is 0 Å². The normalized spacial score (nSPS) is 13.4. The van der Waals surface area contributed by atoms with Crippen LogP contribution in [-0.4, -0.2) is 22.3 Å². The topological polar surface area (TPSA) is 86.4 Å². The van der Waals surface area contributed by atoms with Gasteiger partial charge in [-0.25, -0.2) is 9.48 Å². The third kappa shape index (κ3) is 2.36. The Balaban J connectivity index is 1.68. The van der Waals surface area contributed by atoms with Crippen molar-refractivity contribution in [2.24, 2.45) is 0 Å². The van der Waals surface area contributed by atoms with Gasteiger partial charge in [0.15, 0.2) is 0 Å². The van der Waals surface area contributed by atoms with E-state index in [9.17, 15) is 9.59 Å². The van der Waals surface area contributed by atoms with Gasteiger partial charge in [0.25, 0.3) is 5.91 Å². The molecule has 0 spiro atoms. The van der Waals surface area contributed by atoms with Gasteiger partial charge in [0.2, 0.25) is 5.88 Å². The van der Waals surface area contributed by atoms with Gasteiger partial charge in [-0.1, -0.05) is 18.2 Å². The van der Waals surface area contributed by atoms with Crippen LogP contribution in [0.4, 0.5) is 5.69 Å². The van der Waals surface area contributed by atoms with Gasteiger partial charge in [-0.2, -0.15) is 5.10 Å². The summed E-state index contributed by atoms with van der Waals surface area (Å²) >= 11 is 0. The van der Waals surface area contributed by atoms with Crippen LogP contribution >= 0.6 is 0 Å². The van der Waals surface area contributed by atoms with Gasteiger partial charge in [0, 0.05) is 18.4 Å². The van der Waals surface area contributed by atoms with E-state index in [1.807, 2.05) is 6.07 Å². The zero-order chi connectivity index (χ0) is 15.8. The Kier molecular flexibility index (Phi) is 3.11. The number of benzene rings is 1. The van der Waals surface area contributed by atoms with Gasteiger partial charge in [-0.15, -0.1) is 0 Å². The van der Waals surface area contributed by atoms with E-state index in [4.69, 9.17) is 9.15 Å². The molecule has 0 bridgehead atoms. The number of carbonyl (C=O) groups is 1. The Labute approximate surface area is 130 Å². The summed E-state index contributed by atoms with van der Waals surface area (Å²) in [5, 5.41) is 7.43. The maximum absolute atomic E-state index is 12.4. The molecule has 1 aromatic carbocycles. The van der Waals surface area contributed by atoms with Crippen LogP contribution in [0.5, 0.6) is 5.88 Å². The Morgan fingerprint density at radius 1 is 1.30 bits per heavy atom. The zero-order valence-electron chi connectivity index (χ0n) is 12.1. The first-order chi connectivity index (χ1) is 11.2. The largest absolute Gasteiger partial charge is 0.477 e. The van der Waals surface area contributed by atoms with E-state index in [-0.39, 0.29) is 5.69 Å². The Bertz CT molecular complexity index is 957. The van der Waals surface area contributed by atoms with E-state index < -0.39 is 11.5 Å². The maximum Gasteiger partial charge on any atom is 0.360 e. The average Bonchev–Trinajstić information content (AvgIpc) is 2.99. The zero-order valence-corrected chi connectivity index (χ0v) is 12.1. The minimum atomic E-state index is -0.598. The molecule has 1 N–H and O–H groups in total. The number of rotatable bonds is 2. The second kappa shape index (κ2) is 5.28. The lowest BCUT2D eigenvalue weighted by atomic mass is 10.2. The molecule has 0 saturated carbocycles. The number of amides is 1. The average molecular weight is 311 g/mol. The van der Waals surface area contributed by atoms with Crippen molar-refractivity contribution in [3.05, 3.63) is 52.5 Å². The van der Waals surface area contributed by atoms with Crippen LogP contribution in [0.3, 0.4) is 0 Å². The van der Waals surface area contributed by atoms with E-state index in [0.29, 0.717) is 30.2 Å². The monoisotopic (exact) mass is 311 g/mol. The first kappa shape index (κ1) is 13.6. The highest BCUT2D eigenvalue weighted by atomic mass is 16.5. The predicted octanol–water partition coefficient (Wildman–Crippen LogP) is 2.02. The van der Waals surface area contributed by atoms with Gasteiger partial charge in [-0.3, -0.25) is 4.79 Å². The molecule has 4 rings (SSSR count). The first-order valence-corrected chi connectivity index (χ1v) is 7.25. The van der Waals surface area contributed by atoms with Gasteiger partial charge < -0.3 is 14.5 Å². The number of hydrogen-bond donors (Lipinski definition) is 1. The number of nitrogens with one attached hydrogen (secondary N) is 1. The number of aryl methyl sites for hydroxylation is 1. The number of hydrogen-bond acceptors (Lipinski definition) is 5. The fraction of sp³-hybridized carbons (Fsp3) is 0.188. The Hall–Kier alpha value is -3.09. The highest BCUT2D eigenvalue weighted by Gasteiger charge is 2.22. The molecule has 0 saturated heterocycles. The van der Waals surface area contributed by atoms with E-state index in [1.54, 1.807) is 28.9 Å². The molecule has 3 heterocycles. The quantitative estimate of drug-likeness (QED) is 0.732. The number of carbonyl (C=O) groups excluding carboxylic acids is 1. The molecule has 0 radical (unpaired) electrons. The lowest BCUT2D eigenvalue weighted by Crippen LogP contribution is -2.20. The maximum atomic E-state index is 12.4. The molecular weight excluding hydrogens is 298 g/mol. The third-order valence-electron chi connectivity index (χ3n) is 3.68. The van der Waals surface area contributed by atoms with Crippen LogP contribution in [0.2, 0.25) is 0 Å². The van der Waals surface area contributed by atoms with Crippen LogP contribution in [-0.2, 0) is 6.54 Å². The van der Waals surface area contributed by atoms with Gasteiger partial charge in [0.05, 0.1) is 12.8 Å². The molecule has 1 aliphatic heterocycles. The summed E-state index contributed by atoms with van der Waals surface area (Å²) in [6.07, 6.45) is 2.29. The van der Waals surface area contributed by atoms with Crippen molar-refractivity contribution < 1.29 is 13.9 Å². The van der Waals surface area contributed by atoms with Crippen LogP contribution in [0, 0.1) is 0 Å². The van der Waals surface area contributed by atoms with Crippen molar-refractivity contribution in [3.8, 4) is 5.88 Å².